The minimum Gasteiger partial charge on any atom is -0.374 e. The smallest absolute Gasteiger partial charge is 0.0834 e. The predicted octanol–water partition coefficient (Wildman–Crippen LogP) is 4.67. The van der Waals surface area contributed by atoms with Crippen LogP contribution in [0.15, 0.2) is 0 Å². The zero-order valence-electron chi connectivity index (χ0n) is 13.8. The van der Waals surface area contributed by atoms with Crippen LogP contribution in [0.4, 0.5) is 0 Å². The Bertz CT molecular complexity index is 254. The molecular weight excluding hydrogens is 246 g/mol. The fraction of sp³-hybridized carbons (Fsp3) is 1.00. The fourth-order valence-corrected chi connectivity index (χ4v) is 3.89. The summed E-state index contributed by atoms with van der Waals surface area (Å²) in [6, 6.07) is 0.584. The number of rotatable bonds is 9. The highest BCUT2D eigenvalue weighted by Gasteiger charge is 2.39. The summed E-state index contributed by atoms with van der Waals surface area (Å²) < 4.78 is 6.40. The first-order valence-corrected chi connectivity index (χ1v) is 9.18. The van der Waals surface area contributed by atoms with Crippen molar-refractivity contribution in [1.29, 1.82) is 0 Å². The fourth-order valence-electron chi connectivity index (χ4n) is 3.89. The lowest BCUT2D eigenvalue weighted by molar-refractivity contribution is -0.0790. The van der Waals surface area contributed by atoms with Crippen LogP contribution in [0.25, 0.3) is 0 Å². The summed E-state index contributed by atoms with van der Waals surface area (Å²) in [5.74, 6) is 1.03. The van der Waals surface area contributed by atoms with E-state index in [2.05, 4.69) is 19.2 Å². The normalized spacial score (nSPS) is 24.3. The van der Waals surface area contributed by atoms with E-state index in [0.29, 0.717) is 6.04 Å². The summed E-state index contributed by atoms with van der Waals surface area (Å²) in [4.78, 5) is 0. The lowest BCUT2D eigenvalue weighted by atomic mass is 9.83. The second-order valence-corrected chi connectivity index (χ2v) is 6.94. The first-order chi connectivity index (χ1) is 9.80. The molecule has 0 aliphatic heterocycles. The second-order valence-electron chi connectivity index (χ2n) is 6.94. The third kappa shape index (κ3) is 4.73. The van der Waals surface area contributed by atoms with E-state index in [9.17, 15) is 0 Å². The molecule has 1 unspecified atom stereocenters. The van der Waals surface area contributed by atoms with Gasteiger partial charge in [-0.15, -0.1) is 0 Å². The van der Waals surface area contributed by atoms with Gasteiger partial charge in [-0.1, -0.05) is 45.4 Å². The SMILES string of the molecule is CCCNC(CCC1CC1)C1(OCC)CCCCCC1. The first kappa shape index (κ1) is 16.3. The largest absolute Gasteiger partial charge is 0.374 e. The van der Waals surface area contributed by atoms with Crippen molar-refractivity contribution in [1.82, 2.24) is 5.32 Å². The summed E-state index contributed by atoms with van der Waals surface area (Å²) in [7, 11) is 0. The molecule has 118 valence electrons. The predicted molar refractivity (Wildman–Crippen MR) is 86.1 cm³/mol. The Hall–Kier alpha value is -0.0800. The van der Waals surface area contributed by atoms with Crippen LogP contribution in [0.2, 0.25) is 0 Å². The van der Waals surface area contributed by atoms with Crippen molar-refractivity contribution in [2.45, 2.75) is 96.1 Å². The molecular formula is C18H35NO. The highest BCUT2D eigenvalue weighted by molar-refractivity contribution is 4.95. The van der Waals surface area contributed by atoms with Crippen LogP contribution in [0.1, 0.15) is 84.5 Å². The Kier molecular flexibility index (Phi) is 6.83. The van der Waals surface area contributed by atoms with Gasteiger partial charge in [-0.25, -0.2) is 0 Å². The van der Waals surface area contributed by atoms with E-state index in [1.165, 1.54) is 70.6 Å². The molecule has 0 saturated heterocycles. The van der Waals surface area contributed by atoms with Crippen molar-refractivity contribution in [2.75, 3.05) is 13.2 Å². The Morgan fingerprint density at radius 3 is 2.35 bits per heavy atom. The molecule has 20 heavy (non-hydrogen) atoms. The maximum atomic E-state index is 6.40. The third-order valence-electron chi connectivity index (χ3n) is 5.22. The van der Waals surface area contributed by atoms with Crippen LogP contribution in [0, 0.1) is 5.92 Å². The summed E-state index contributed by atoms with van der Waals surface area (Å²) in [6.45, 7) is 6.45. The molecule has 2 saturated carbocycles. The zero-order chi connectivity index (χ0) is 14.3. The lowest BCUT2D eigenvalue weighted by Gasteiger charge is -2.41. The Morgan fingerprint density at radius 1 is 1.10 bits per heavy atom. The van der Waals surface area contributed by atoms with Crippen molar-refractivity contribution < 1.29 is 4.74 Å². The highest BCUT2D eigenvalue weighted by atomic mass is 16.5. The minimum atomic E-state index is 0.134. The van der Waals surface area contributed by atoms with E-state index in [4.69, 9.17) is 4.74 Å². The maximum Gasteiger partial charge on any atom is 0.0834 e. The van der Waals surface area contributed by atoms with Crippen LogP contribution in [-0.4, -0.2) is 24.8 Å². The summed E-state index contributed by atoms with van der Waals surface area (Å²) in [5.41, 5.74) is 0.134. The second kappa shape index (κ2) is 8.38. The van der Waals surface area contributed by atoms with Crippen molar-refractivity contribution >= 4 is 0 Å². The molecule has 0 radical (unpaired) electrons. The first-order valence-electron chi connectivity index (χ1n) is 9.18. The minimum absolute atomic E-state index is 0.134. The van der Waals surface area contributed by atoms with E-state index in [0.717, 1.165) is 19.1 Å². The summed E-state index contributed by atoms with van der Waals surface area (Å²) >= 11 is 0. The quantitative estimate of drug-likeness (QED) is 0.620. The summed E-state index contributed by atoms with van der Waals surface area (Å²) in [5, 5.41) is 3.85. The van der Waals surface area contributed by atoms with E-state index < -0.39 is 0 Å². The van der Waals surface area contributed by atoms with Gasteiger partial charge < -0.3 is 10.1 Å². The van der Waals surface area contributed by atoms with Crippen molar-refractivity contribution in [3.05, 3.63) is 0 Å². The van der Waals surface area contributed by atoms with Gasteiger partial charge in [-0.05, 0) is 51.5 Å². The lowest BCUT2D eigenvalue weighted by Crippen LogP contribution is -2.52. The van der Waals surface area contributed by atoms with E-state index >= 15 is 0 Å². The highest BCUT2D eigenvalue weighted by Crippen LogP contribution is 2.39. The standard InChI is InChI=1S/C18H35NO/c1-3-15-19-17(12-11-16-9-10-16)18(20-4-2)13-7-5-6-8-14-18/h16-17,19H,3-15H2,1-2H3. The molecule has 2 aliphatic carbocycles. The molecule has 1 N–H and O–H groups in total. The molecule has 2 rings (SSSR count). The van der Waals surface area contributed by atoms with Gasteiger partial charge in [0.05, 0.1) is 5.60 Å². The van der Waals surface area contributed by atoms with E-state index in [1.807, 2.05) is 0 Å². The molecule has 0 heterocycles. The van der Waals surface area contributed by atoms with Crippen molar-refractivity contribution in [2.24, 2.45) is 5.92 Å². The van der Waals surface area contributed by atoms with Crippen LogP contribution >= 0.6 is 0 Å². The average molecular weight is 281 g/mol. The Morgan fingerprint density at radius 2 is 1.80 bits per heavy atom. The number of hydrogen-bond acceptors (Lipinski definition) is 2. The average Bonchev–Trinajstić information content (AvgIpc) is 3.27. The van der Waals surface area contributed by atoms with Crippen LogP contribution in [-0.2, 0) is 4.74 Å². The molecule has 0 amide bonds. The molecule has 0 aromatic carbocycles. The third-order valence-corrected chi connectivity index (χ3v) is 5.22. The molecule has 0 aromatic rings. The maximum absolute atomic E-state index is 6.40. The van der Waals surface area contributed by atoms with Crippen LogP contribution in [0.5, 0.6) is 0 Å². The van der Waals surface area contributed by atoms with Gasteiger partial charge >= 0.3 is 0 Å². The van der Waals surface area contributed by atoms with Gasteiger partial charge in [0.1, 0.15) is 0 Å². The Labute approximate surface area is 126 Å². The molecule has 0 spiro atoms. The van der Waals surface area contributed by atoms with Gasteiger partial charge in [0.15, 0.2) is 0 Å². The van der Waals surface area contributed by atoms with E-state index in [1.54, 1.807) is 0 Å². The van der Waals surface area contributed by atoms with Crippen LogP contribution < -0.4 is 5.32 Å². The molecule has 2 aliphatic rings. The topological polar surface area (TPSA) is 21.3 Å². The van der Waals surface area contributed by atoms with Crippen molar-refractivity contribution in [3.8, 4) is 0 Å². The molecule has 0 aromatic heterocycles. The van der Waals surface area contributed by atoms with Gasteiger partial charge in [0, 0.05) is 12.6 Å². The van der Waals surface area contributed by atoms with Gasteiger partial charge in [-0.2, -0.15) is 0 Å². The number of ether oxygens (including phenoxy) is 1. The number of nitrogens with one attached hydrogen (secondary N) is 1. The van der Waals surface area contributed by atoms with Gasteiger partial charge in [-0.3, -0.25) is 0 Å². The van der Waals surface area contributed by atoms with Crippen LogP contribution in [0.3, 0.4) is 0 Å². The molecule has 1 atom stereocenters. The molecule has 2 heteroatoms. The van der Waals surface area contributed by atoms with Crippen molar-refractivity contribution in [3.63, 3.8) is 0 Å². The summed E-state index contributed by atoms with van der Waals surface area (Å²) in [6.07, 6.45) is 15.0. The molecule has 0 bridgehead atoms. The van der Waals surface area contributed by atoms with E-state index in [-0.39, 0.29) is 5.60 Å². The molecule has 2 nitrogen and oxygen atoms in total. The zero-order valence-corrected chi connectivity index (χ0v) is 13.8. The van der Waals surface area contributed by atoms with Gasteiger partial charge in [0.25, 0.3) is 0 Å². The Balaban J connectivity index is 2.00. The molecule has 2 fully saturated rings. The monoisotopic (exact) mass is 281 g/mol. The van der Waals surface area contributed by atoms with Gasteiger partial charge in [0.2, 0.25) is 0 Å². The number of hydrogen-bond donors (Lipinski definition) is 1.